The average molecular weight is 282 g/mol. The van der Waals surface area contributed by atoms with Gasteiger partial charge in [0.1, 0.15) is 17.1 Å². The van der Waals surface area contributed by atoms with Crippen LogP contribution in [0.1, 0.15) is 22.9 Å². The van der Waals surface area contributed by atoms with Gasteiger partial charge in [-0.05, 0) is 43.8 Å². The molecule has 3 aromatic rings. The number of aromatic nitrogens is 1. The summed E-state index contributed by atoms with van der Waals surface area (Å²) in [5, 5.41) is 4.38. The third-order valence-electron chi connectivity index (χ3n) is 3.57. The van der Waals surface area contributed by atoms with Gasteiger partial charge >= 0.3 is 0 Å². The first-order valence-electron chi connectivity index (χ1n) is 6.87. The molecule has 0 aliphatic rings. The molecule has 0 fully saturated rings. The fourth-order valence-corrected chi connectivity index (χ4v) is 2.50. The summed E-state index contributed by atoms with van der Waals surface area (Å²) in [7, 11) is 3.54. The van der Waals surface area contributed by atoms with Gasteiger partial charge in [-0.1, -0.05) is 11.6 Å². The smallest absolute Gasteiger partial charge is 0.137 e. The highest BCUT2D eigenvalue weighted by Crippen LogP contribution is 2.29. The van der Waals surface area contributed by atoms with Gasteiger partial charge in [0.2, 0.25) is 0 Å². The van der Waals surface area contributed by atoms with Crippen molar-refractivity contribution in [3.8, 4) is 5.75 Å². The van der Waals surface area contributed by atoms with Gasteiger partial charge in [-0.25, -0.2) is 0 Å². The minimum atomic E-state index is -0.0553. The van der Waals surface area contributed by atoms with Gasteiger partial charge in [0.15, 0.2) is 0 Å². The van der Waals surface area contributed by atoms with Crippen molar-refractivity contribution in [1.82, 2.24) is 10.3 Å². The zero-order valence-corrected chi connectivity index (χ0v) is 12.4. The number of hydrogen-bond donors (Lipinski definition) is 1. The number of furan rings is 1. The number of pyridine rings is 1. The first-order chi connectivity index (χ1) is 10.2. The number of rotatable bonds is 4. The summed E-state index contributed by atoms with van der Waals surface area (Å²) in [5.74, 6) is 1.60. The minimum Gasteiger partial charge on any atom is -0.495 e. The lowest BCUT2D eigenvalue weighted by Gasteiger charge is -2.14. The summed E-state index contributed by atoms with van der Waals surface area (Å²) >= 11 is 0. The molecular weight excluding hydrogens is 264 g/mol. The molecule has 0 spiro atoms. The average Bonchev–Trinajstić information content (AvgIpc) is 2.91. The van der Waals surface area contributed by atoms with Crippen LogP contribution in [0, 0.1) is 6.92 Å². The Morgan fingerprint density at radius 3 is 2.81 bits per heavy atom. The van der Waals surface area contributed by atoms with Crippen LogP contribution < -0.4 is 10.1 Å². The van der Waals surface area contributed by atoms with Crippen molar-refractivity contribution in [3.63, 3.8) is 0 Å². The maximum absolute atomic E-state index is 5.97. The van der Waals surface area contributed by atoms with E-state index in [1.807, 2.05) is 25.4 Å². The molecule has 0 bridgehead atoms. The Hall–Kier alpha value is -2.33. The van der Waals surface area contributed by atoms with E-state index >= 15 is 0 Å². The quantitative estimate of drug-likeness (QED) is 0.796. The lowest BCUT2D eigenvalue weighted by atomic mass is 10.1. The summed E-state index contributed by atoms with van der Waals surface area (Å²) < 4.78 is 11.2. The highest BCUT2D eigenvalue weighted by molar-refractivity contribution is 5.78. The van der Waals surface area contributed by atoms with E-state index in [0.717, 1.165) is 28.0 Å². The van der Waals surface area contributed by atoms with E-state index in [1.165, 1.54) is 5.56 Å². The van der Waals surface area contributed by atoms with Crippen LogP contribution in [-0.4, -0.2) is 19.1 Å². The summed E-state index contributed by atoms with van der Waals surface area (Å²) in [6.45, 7) is 2.08. The molecule has 4 nitrogen and oxygen atoms in total. The second-order valence-electron chi connectivity index (χ2n) is 5.07. The van der Waals surface area contributed by atoms with Crippen LogP contribution in [0.4, 0.5) is 0 Å². The van der Waals surface area contributed by atoms with E-state index in [1.54, 1.807) is 13.3 Å². The number of methoxy groups -OCH3 is 1. The molecule has 3 rings (SSSR count). The first kappa shape index (κ1) is 13.6. The fraction of sp³-hybridized carbons (Fsp3) is 0.235. The van der Waals surface area contributed by atoms with E-state index in [0.29, 0.717) is 0 Å². The van der Waals surface area contributed by atoms with Crippen LogP contribution in [-0.2, 0) is 0 Å². The van der Waals surface area contributed by atoms with Crippen molar-refractivity contribution in [2.24, 2.45) is 0 Å². The van der Waals surface area contributed by atoms with Crippen LogP contribution in [0.2, 0.25) is 0 Å². The Morgan fingerprint density at radius 1 is 1.19 bits per heavy atom. The fourth-order valence-electron chi connectivity index (χ4n) is 2.50. The standard InChI is InChI=1S/C17H18N2O2/c1-11-4-5-15-12(6-11)8-16(21-15)17(18-2)13-7-14(20-3)10-19-9-13/h4-10,17-18H,1-3H3. The van der Waals surface area contributed by atoms with Gasteiger partial charge in [-0.15, -0.1) is 0 Å². The van der Waals surface area contributed by atoms with E-state index in [-0.39, 0.29) is 6.04 Å². The Morgan fingerprint density at radius 2 is 2.05 bits per heavy atom. The highest BCUT2D eigenvalue weighted by atomic mass is 16.5. The number of nitrogens with zero attached hydrogens (tertiary/aromatic N) is 1. The summed E-state index contributed by atoms with van der Waals surface area (Å²) in [6, 6.07) is 10.2. The molecule has 0 saturated carbocycles. The number of nitrogens with one attached hydrogen (secondary N) is 1. The molecule has 2 aromatic heterocycles. The number of aryl methyl sites for hydroxylation is 1. The second-order valence-corrected chi connectivity index (χ2v) is 5.07. The topological polar surface area (TPSA) is 47.3 Å². The zero-order valence-electron chi connectivity index (χ0n) is 12.4. The van der Waals surface area contributed by atoms with Gasteiger partial charge in [0.25, 0.3) is 0 Å². The number of ether oxygens (including phenoxy) is 1. The van der Waals surface area contributed by atoms with E-state index < -0.39 is 0 Å². The van der Waals surface area contributed by atoms with Crippen molar-refractivity contribution in [1.29, 1.82) is 0 Å². The predicted molar refractivity (Wildman–Crippen MR) is 82.6 cm³/mol. The Balaban J connectivity index is 2.04. The molecule has 108 valence electrons. The maximum atomic E-state index is 5.97. The molecule has 21 heavy (non-hydrogen) atoms. The van der Waals surface area contributed by atoms with Crippen molar-refractivity contribution in [2.45, 2.75) is 13.0 Å². The summed E-state index contributed by atoms with van der Waals surface area (Å²) in [4.78, 5) is 4.21. The maximum Gasteiger partial charge on any atom is 0.137 e. The first-order valence-corrected chi connectivity index (χ1v) is 6.87. The van der Waals surface area contributed by atoms with Crippen LogP contribution in [0.15, 0.2) is 47.1 Å². The van der Waals surface area contributed by atoms with Crippen LogP contribution >= 0.6 is 0 Å². The monoisotopic (exact) mass is 282 g/mol. The Bertz CT molecular complexity index is 764. The molecule has 2 heterocycles. The van der Waals surface area contributed by atoms with Gasteiger partial charge in [-0.2, -0.15) is 0 Å². The van der Waals surface area contributed by atoms with Crippen molar-refractivity contribution in [3.05, 3.63) is 59.6 Å². The van der Waals surface area contributed by atoms with Crippen LogP contribution in [0.3, 0.4) is 0 Å². The van der Waals surface area contributed by atoms with Gasteiger partial charge in [0.05, 0.1) is 19.3 Å². The predicted octanol–water partition coefficient (Wildman–Crippen LogP) is 3.45. The van der Waals surface area contributed by atoms with Gasteiger partial charge < -0.3 is 14.5 Å². The third-order valence-corrected chi connectivity index (χ3v) is 3.57. The molecule has 0 saturated heterocycles. The van der Waals surface area contributed by atoms with Crippen molar-refractivity contribution in [2.75, 3.05) is 14.2 Å². The zero-order chi connectivity index (χ0) is 14.8. The number of hydrogen-bond acceptors (Lipinski definition) is 4. The third kappa shape index (κ3) is 2.62. The van der Waals surface area contributed by atoms with Gasteiger partial charge in [-0.3, -0.25) is 4.98 Å². The second kappa shape index (κ2) is 5.58. The minimum absolute atomic E-state index is 0.0553. The lowest BCUT2D eigenvalue weighted by Crippen LogP contribution is -2.17. The van der Waals surface area contributed by atoms with E-state index in [9.17, 15) is 0 Å². The van der Waals surface area contributed by atoms with E-state index in [4.69, 9.17) is 9.15 Å². The summed E-state index contributed by atoms with van der Waals surface area (Å²) in [5.41, 5.74) is 3.12. The Kier molecular flexibility index (Phi) is 3.62. The molecule has 0 aliphatic heterocycles. The molecule has 0 amide bonds. The van der Waals surface area contributed by atoms with Gasteiger partial charge in [0, 0.05) is 11.6 Å². The molecule has 1 unspecified atom stereocenters. The molecule has 1 aromatic carbocycles. The van der Waals surface area contributed by atoms with Crippen molar-refractivity contribution < 1.29 is 9.15 Å². The van der Waals surface area contributed by atoms with Crippen LogP contribution in [0.25, 0.3) is 11.0 Å². The Labute approximate surface area is 123 Å². The molecule has 0 aliphatic carbocycles. The number of benzene rings is 1. The molecular formula is C17H18N2O2. The normalized spacial score (nSPS) is 12.5. The largest absolute Gasteiger partial charge is 0.495 e. The molecule has 4 heteroatoms. The molecule has 1 atom stereocenters. The van der Waals surface area contributed by atoms with Crippen molar-refractivity contribution >= 4 is 11.0 Å². The SMILES string of the molecule is CNC(c1cncc(OC)c1)c1cc2cc(C)ccc2o1. The summed E-state index contributed by atoms with van der Waals surface area (Å²) in [6.07, 6.45) is 3.51. The number of fused-ring (bicyclic) bond motifs is 1. The molecule has 0 radical (unpaired) electrons. The highest BCUT2D eigenvalue weighted by Gasteiger charge is 2.17. The molecule has 1 N–H and O–H groups in total. The lowest BCUT2D eigenvalue weighted by molar-refractivity contribution is 0.410. The van der Waals surface area contributed by atoms with E-state index in [2.05, 4.69) is 35.4 Å². The van der Waals surface area contributed by atoms with Crippen LogP contribution in [0.5, 0.6) is 5.75 Å².